The first-order chi connectivity index (χ1) is 18.7. The Hall–Kier alpha value is -2.79. The van der Waals surface area contributed by atoms with E-state index in [2.05, 4.69) is 0 Å². The largest absolute Gasteiger partial charge is 0.481 e. The van der Waals surface area contributed by atoms with Gasteiger partial charge in [0.1, 0.15) is 12.7 Å². The highest BCUT2D eigenvalue weighted by atomic mass is 35.5. The molecule has 1 unspecified atom stereocenters. The van der Waals surface area contributed by atoms with Gasteiger partial charge in [-0.2, -0.15) is 0 Å². The summed E-state index contributed by atoms with van der Waals surface area (Å²) in [6.07, 6.45) is 12.3. The third-order valence-electron chi connectivity index (χ3n) is 5.37. The fourth-order valence-corrected chi connectivity index (χ4v) is 3.22. The van der Waals surface area contributed by atoms with Gasteiger partial charge in [0.05, 0.1) is 30.8 Å². The summed E-state index contributed by atoms with van der Waals surface area (Å²) >= 11 is 6.26. The zero-order valence-electron chi connectivity index (χ0n) is 23.4. The molecule has 9 nitrogen and oxygen atoms in total. The van der Waals surface area contributed by atoms with E-state index in [1.165, 1.54) is 12.2 Å². The van der Waals surface area contributed by atoms with Crippen LogP contribution in [0.25, 0.3) is 0 Å². The predicted octanol–water partition coefficient (Wildman–Crippen LogP) is 3.34. The van der Waals surface area contributed by atoms with E-state index in [0.29, 0.717) is 5.92 Å². The van der Waals surface area contributed by atoms with Gasteiger partial charge in [0.25, 0.3) is 0 Å². The molecule has 0 bridgehead atoms. The first kappa shape index (κ1) is 37.2. The minimum absolute atomic E-state index is 0.151. The number of hydrogen-bond donors (Lipinski definition) is 6. The van der Waals surface area contributed by atoms with Crippen LogP contribution < -0.4 is 0 Å². The molecule has 0 aliphatic carbocycles. The molecule has 0 radical (unpaired) electrons. The quantitative estimate of drug-likeness (QED) is 0.0807. The van der Waals surface area contributed by atoms with Crippen LogP contribution >= 0.6 is 11.6 Å². The Kier molecular flexibility index (Phi) is 19.6. The normalized spacial score (nSPS) is 18.3. The van der Waals surface area contributed by atoms with Crippen molar-refractivity contribution in [3.05, 3.63) is 83.5 Å². The van der Waals surface area contributed by atoms with E-state index < -0.39 is 61.4 Å². The molecule has 0 aromatic rings. The number of carboxylic acids is 1. The minimum Gasteiger partial charge on any atom is -0.481 e. The van der Waals surface area contributed by atoms with E-state index in [4.69, 9.17) is 21.4 Å². The number of esters is 1. The van der Waals surface area contributed by atoms with Crippen LogP contribution in [0.1, 0.15) is 40.5 Å². The molecular formula is C30H43ClO9. The van der Waals surface area contributed by atoms with Crippen molar-refractivity contribution in [2.75, 3.05) is 6.61 Å². The average molecular weight is 583 g/mol. The summed E-state index contributed by atoms with van der Waals surface area (Å²) in [5.74, 6) is -2.22. The second kappa shape index (κ2) is 21.0. The van der Waals surface area contributed by atoms with Gasteiger partial charge in [-0.05, 0) is 18.9 Å². The van der Waals surface area contributed by atoms with Gasteiger partial charge >= 0.3 is 11.9 Å². The first-order valence-electron chi connectivity index (χ1n) is 12.9. The van der Waals surface area contributed by atoms with Crippen molar-refractivity contribution < 1.29 is 45.0 Å². The van der Waals surface area contributed by atoms with Crippen molar-refractivity contribution in [2.24, 2.45) is 11.8 Å². The van der Waals surface area contributed by atoms with E-state index >= 15 is 0 Å². The average Bonchev–Trinajstić information content (AvgIpc) is 2.88. The summed E-state index contributed by atoms with van der Waals surface area (Å²) in [6.45, 7) is 7.04. The van der Waals surface area contributed by atoms with Gasteiger partial charge in [-0.1, -0.05) is 98.7 Å². The lowest BCUT2D eigenvalue weighted by molar-refractivity contribution is -0.146. The van der Waals surface area contributed by atoms with E-state index in [0.717, 1.165) is 11.6 Å². The molecule has 0 heterocycles. The van der Waals surface area contributed by atoms with Gasteiger partial charge in [0.2, 0.25) is 0 Å². The Morgan fingerprint density at radius 1 is 0.825 bits per heavy atom. The van der Waals surface area contributed by atoms with E-state index in [1.807, 2.05) is 26.8 Å². The van der Waals surface area contributed by atoms with Gasteiger partial charge in [-0.25, -0.2) is 4.79 Å². The maximum atomic E-state index is 11.5. The number of rotatable bonds is 18. The summed E-state index contributed by atoms with van der Waals surface area (Å²) < 4.78 is 4.74. The Labute approximate surface area is 241 Å². The number of halogens is 1. The highest BCUT2D eigenvalue weighted by molar-refractivity contribution is 6.30. The predicted molar refractivity (Wildman–Crippen MR) is 155 cm³/mol. The number of aliphatic hydroxyl groups excluding tert-OH is 5. The number of carboxylic acid groups (broad SMARTS) is 1. The maximum absolute atomic E-state index is 11.5. The summed E-state index contributed by atoms with van der Waals surface area (Å²) in [5, 5.41) is 59.2. The Bertz CT molecular complexity index is 976. The number of ether oxygens (including phenoxy) is 1. The molecule has 6 atom stereocenters. The zero-order chi connectivity index (χ0) is 30.7. The molecule has 0 spiro atoms. The van der Waals surface area contributed by atoms with Crippen LogP contribution in [0.5, 0.6) is 0 Å². The molecular weight excluding hydrogens is 540 g/mol. The zero-order valence-corrected chi connectivity index (χ0v) is 24.1. The molecule has 224 valence electrons. The number of aliphatic carboxylic acids is 1. The molecule has 0 aromatic carbocycles. The molecule has 0 saturated heterocycles. The van der Waals surface area contributed by atoms with Crippen molar-refractivity contribution in [2.45, 2.75) is 71.1 Å². The van der Waals surface area contributed by atoms with Gasteiger partial charge in [-0.3, -0.25) is 4.79 Å². The van der Waals surface area contributed by atoms with Crippen LogP contribution in [0.4, 0.5) is 0 Å². The molecule has 0 rings (SSSR count). The number of aliphatic hydroxyl groups is 5. The molecule has 0 aliphatic rings. The summed E-state index contributed by atoms with van der Waals surface area (Å²) in [6, 6.07) is 0. The van der Waals surface area contributed by atoms with Crippen molar-refractivity contribution in [3.8, 4) is 0 Å². The molecule has 10 heteroatoms. The van der Waals surface area contributed by atoms with Crippen LogP contribution in [0.3, 0.4) is 0 Å². The second-order valence-corrected chi connectivity index (χ2v) is 10.0. The van der Waals surface area contributed by atoms with Gasteiger partial charge < -0.3 is 35.4 Å². The molecule has 40 heavy (non-hydrogen) atoms. The number of carbonyl (C=O) groups excluding carboxylic acids is 1. The van der Waals surface area contributed by atoms with Crippen molar-refractivity contribution in [1.29, 1.82) is 0 Å². The molecule has 0 saturated carbocycles. The fourth-order valence-electron chi connectivity index (χ4n) is 3.02. The third kappa shape index (κ3) is 18.5. The Morgan fingerprint density at radius 3 is 2.05 bits per heavy atom. The Balaban J connectivity index is 4.75. The molecule has 0 fully saturated rings. The second-order valence-electron chi connectivity index (χ2n) is 9.60. The fraction of sp³-hybridized carbons (Fsp3) is 0.467. The van der Waals surface area contributed by atoms with Crippen LogP contribution in [0.15, 0.2) is 83.5 Å². The topological polar surface area (TPSA) is 165 Å². The van der Waals surface area contributed by atoms with Crippen LogP contribution in [-0.4, -0.2) is 79.7 Å². The minimum atomic E-state index is -1.51. The molecule has 6 N–H and O–H groups in total. The van der Waals surface area contributed by atoms with Crippen LogP contribution in [-0.2, 0) is 14.3 Å². The number of carbonyl (C=O) groups is 2. The molecule has 0 aromatic heterocycles. The van der Waals surface area contributed by atoms with Gasteiger partial charge in [-0.15, -0.1) is 0 Å². The van der Waals surface area contributed by atoms with Crippen molar-refractivity contribution in [1.82, 2.24) is 0 Å². The maximum Gasteiger partial charge on any atom is 0.330 e. The van der Waals surface area contributed by atoms with Crippen molar-refractivity contribution in [3.63, 3.8) is 0 Å². The highest BCUT2D eigenvalue weighted by Gasteiger charge is 2.31. The summed E-state index contributed by atoms with van der Waals surface area (Å²) in [7, 11) is 0. The van der Waals surface area contributed by atoms with Gasteiger partial charge in [0, 0.05) is 23.4 Å². The SMILES string of the molecule is CC(/C=C/C=C/C(=O)OCC(O)CC(=O)O)=C\C=C\C=C(/Cl)[C@@H](C)[C@@H](O)[C@H](O)[C@H](O)C[C@@H](O)/C=C/C=C/C(C)C. The standard InChI is InChI=1S/C30H43ClO9/c1-20(2)11-5-8-14-23(32)17-26(34)30(39)29(38)22(4)25(31)15-9-6-12-21(3)13-7-10-16-28(37)40-19-24(33)18-27(35)36/h5-16,20,22-24,26,29-30,32-34,38-39H,17-19H2,1-4H3,(H,35,36)/b9-6+,11-5+,13-7+,14-8+,16-10+,21-12+,25-15-/t22-,23+,24?,26-,29-,30-/m1/s1. The van der Waals surface area contributed by atoms with E-state index in [-0.39, 0.29) is 11.5 Å². The van der Waals surface area contributed by atoms with Crippen LogP contribution in [0.2, 0.25) is 0 Å². The molecule has 0 aliphatic heterocycles. The monoisotopic (exact) mass is 582 g/mol. The van der Waals surface area contributed by atoms with Crippen molar-refractivity contribution >= 4 is 23.5 Å². The van der Waals surface area contributed by atoms with Gasteiger partial charge in [0.15, 0.2) is 0 Å². The lowest BCUT2D eigenvalue weighted by Gasteiger charge is -2.27. The third-order valence-corrected chi connectivity index (χ3v) is 5.84. The number of allylic oxidation sites excluding steroid dienone is 11. The number of hydrogen-bond acceptors (Lipinski definition) is 8. The molecule has 0 amide bonds. The first-order valence-corrected chi connectivity index (χ1v) is 13.3. The van der Waals surface area contributed by atoms with Crippen LogP contribution in [0, 0.1) is 11.8 Å². The Morgan fingerprint density at radius 2 is 1.43 bits per heavy atom. The van der Waals surface area contributed by atoms with E-state index in [9.17, 15) is 35.1 Å². The smallest absolute Gasteiger partial charge is 0.330 e. The van der Waals surface area contributed by atoms with E-state index in [1.54, 1.807) is 55.5 Å². The summed E-state index contributed by atoms with van der Waals surface area (Å²) in [5.41, 5.74) is 0.828. The highest BCUT2D eigenvalue weighted by Crippen LogP contribution is 2.23. The lowest BCUT2D eigenvalue weighted by Crippen LogP contribution is -2.42. The lowest BCUT2D eigenvalue weighted by atomic mass is 9.93. The summed E-state index contributed by atoms with van der Waals surface area (Å²) in [4.78, 5) is 22.0.